The van der Waals surface area contributed by atoms with Gasteiger partial charge in [0.15, 0.2) is 0 Å². The lowest BCUT2D eigenvalue weighted by atomic mass is 10.2. The summed E-state index contributed by atoms with van der Waals surface area (Å²) in [5, 5.41) is 9.78. The maximum atomic E-state index is 12.4. The van der Waals surface area contributed by atoms with Crippen molar-refractivity contribution in [2.24, 2.45) is 0 Å². The van der Waals surface area contributed by atoms with Crippen molar-refractivity contribution < 1.29 is 9.59 Å². The number of carbonyl (C=O) groups is 2. The third kappa shape index (κ3) is 3.38. The molecule has 0 aliphatic carbocycles. The van der Waals surface area contributed by atoms with Crippen LogP contribution in [-0.2, 0) is 4.79 Å². The average Bonchev–Trinajstić information content (AvgIpc) is 3.36. The molecule has 132 valence electrons. The lowest BCUT2D eigenvalue weighted by molar-refractivity contribution is -0.117. The Balaban J connectivity index is 1.49. The van der Waals surface area contributed by atoms with E-state index in [0.29, 0.717) is 35.1 Å². The highest BCUT2D eigenvalue weighted by Gasteiger charge is 2.23. The highest BCUT2D eigenvalue weighted by Crippen LogP contribution is 2.32. The number of nitrogens with zero attached hydrogens (tertiary/aromatic N) is 2. The third-order valence-corrected chi connectivity index (χ3v) is 5.95. The van der Waals surface area contributed by atoms with Crippen LogP contribution in [0, 0.1) is 0 Å². The molecule has 1 aliphatic heterocycles. The fourth-order valence-electron chi connectivity index (χ4n) is 2.80. The van der Waals surface area contributed by atoms with Gasteiger partial charge in [-0.3, -0.25) is 9.59 Å². The summed E-state index contributed by atoms with van der Waals surface area (Å²) in [5.41, 5.74) is 2.63. The fraction of sp³-hybridized carbons (Fsp3) is 0.167. The molecular formula is C18H14ClN3O2S2. The van der Waals surface area contributed by atoms with Crippen LogP contribution in [0.15, 0.2) is 40.4 Å². The molecule has 26 heavy (non-hydrogen) atoms. The summed E-state index contributed by atoms with van der Waals surface area (Å²) < 4.78 is 0. The third-order valence-electron chi connectivity index (χ3n) is 4.07. The number of thiazole rings is 1. The second-order valence-electron chi connectivity index (χ2n) is 5.82. The Morgan fingerprint density at radius 2 is 2.15 bits per heavy atom. The number of anilines is 2. The van der Waals surface area contributed by atoms with E-state index in [1.165, 1.54) is 11.3 Å². The van der Waals surface area contributed by atoms with Crippen molar-refractivity contribution in [3.8, 4) is 10.6 Å². The molecule has 2 aromatic heterocycles. The van der Waals surface area contributed by atoms with E-state index in [9.17, 15) is 9.59 Å². The smallest absolute Gasteiger partial charge is 0.275 e. The molecule has 1 aromatic carbocycles. The van der Waals surface area contributed by atoms with E-state index >= 15 is 0 Å². The fourth-order valence-corrected chi connectivity index (χ4v) is 4.59. The first kappa shape index (κ1) is 17.2. The van der Waals surface area contributed by atoms with Gasteiger partial charge in [0.05, 0.1) is 10.7 Å². The van der Waals surface area contributed by atoms with Crippen molar-refractivity contribution in [2.45, 2.75) is 12.8 Å². The van der Waals surface area contributed by atoms with Crippen LogP contribution >= 0.6 is 34.3 Å². The Hall–Kier alpha value is -2.22. The Bertz CT molecular complexity index is 969. The van der Waals surface area contributed by atoms with E-state index in [-0.39, 0.29) is 11.8 Å². The summed E-state index contributed by atoms with van der Waals surface area (Å²) in [6, 6.07) is 7.14. The first-order valence-corrected chi connectivity index (χ1v) is 10.2. The van der Waals surface area contributed by atoms with E-state index < -0.39 is 0 Å². The molecule has 3 heterocycles. The number of amides is 2. The summed E-state index contributed by atoms with van der Waals surface area (Å²) in [6.07, 6.45) is 1.38. The molecule has 4 rings (SSSR count). The zero-order valence-electron chi connectivity index (χ0n) is 13.6. The van der Waals surface area contributed by atoms with Crippen molar-refractivity contribution in [1.29, 1.82) is 0 Å². The monoisotopic (exact) mass is 403 g/mol. The Morgan fingerprint density at radius 3 is 2.85 bits per heavy atom. The molecule has 2 amide bonds. The van der Waals surface area contributed by atoms with Crippen LogP contribution in [0.2, 0.25) is 5.02 Å². The van der Waals surface area contributed by atoms with Crippen LogP contribution in [0.25, 0.3) is 10.6 Å². The van der Waals surface area contributed by atoms with Crippen LogP contribution in [0.4, 0.5) is 11.4 Å². The van der Waals surface area contributed by atoms with Crippen molar-refractivity contribution in [3.05, 3.63) is 51.1 Å². The van der Waals surface area contributed by atoms with Crippen molar-refractivity contribution >= 4 is 57.5 Å². The van der Waals surface area contributed by atoms with E-state index in [1.807, 2.05) is 16.8 Å². The number of halogens is 1. The van der Waals surface area contributed by atoms with Crippen molar-refractivity contribution in [2.75, 3.05) is 16.8 Å². The molecule has 0 unspecified atom stereocenters. The predicted molar refractivity (Wildman–Crippen MR) is 106 cm³/mol. The summed E-state index contributed by atoms with van der Waals surface area (Å²) in [5.74, 6) is -0.212. The number of benzene rings is 1. The highest BCUT2D eigenvalue weighted by molar-refractivity contribution is 7.14. The molecule has 0 spiro atoms. The Morgan fingerprint density at radius 1 is 1.27 bits per heavy atom. The van der Waals surface area contributed by atoms with Gasteiger partial charge in [0.1, 0.15) is 10.7 Å². The molecule has 0 bridgehead atoms. The minimum absolute atomic E-state index is 0.0760. The molecule has 0 saturated carbocycles. The summed E-state index contributed by atoms with van der Waals surface area (Å²) in [6.45, 7) is 0.675. The number of nitrogens with one attached hydrogen (secondary N) is 1. The van der Waals surface area contributed by atoms with Gasteiger partial charge in [0.2, 0.25) is 5.91 Å². The van der Waals surface area contributed by atoms with Crippen molar-refractivity contribution in [3.63, 3.8) is 0 Å². The van der Waals surface area contributed by atoms with Gasteiger partial charge in [-0.25, -0.2) is 4.98 Å². The summed E-state index contributed by atoms with van der Waals surface area (Å²) in [7, 11) is 0. The molecule has 1 saturated heterocycles. The maximum absolute atomic E-state index is 12.4. The molecule has 5 nitrogen and oxygen atoms in total. The van der Waals surface area contributed by atoms with Gasteiger partial charge < -0.3 is 10.2 Å². The average molecular weight is 404 g/mol. The number of aromatic nitrogens is 1. The number of hydrogen-bond acceptors (Lipinski definition) is 5. The summed E-state index contributed by atoms with van der Waals surface area (Å²) in [4.78, 5) is 30.4. The standard InChI is InChI=1S/C18H14ClN3O2S2/c19-13-8-12(3-4-15(13)22-6-1-2-16(22)23)20-17(24)14-10-26-18(21-14)11-5-7-25-9-11/h3-5,7-10H,1-2,6H2,(H,20,24). The molecule has 3 aromatic rings. The quantitative estimate of drug-likeness (QED) is 0.673. The van der Waals surface area contributed by atoms with E-state index in [2.05, 4.69) is 10.3 Å². The molecule has 0 atom stereocenters. The lowest BCUT2D eigenvalue weighted by Gasteiger charge is -2.18. The van der Waals surface area contributed by atoms with Gasteiger partial charge >= 0.3 is 0 Å². The number of carbonyl (C=O) groups excluding carboxylic acids is 2. The SMILES string of the molecule is O=C(Nc1ccc(N2CCCC2=O)c(Cl)c1)c1csc(-c2ccsc2)n1. The summed E-state index contributed by atoms with van der Waals surface area (Å²) >= 11 is 9.34. The highest BCUT2D eigenvalue weighted by atomic mass is 35.5. The van der Waals surface area contributed by atoms with Gasteiger partial charge in [-0.2, -0.15) is 11.3 Å². The largest absolute Gasteiger partial charge is 0.321 e. The zero-order chi connectivity index (χ0) is 18.1. The predicted octanol–water partition coefficient (Wildman–Crippen LogP) is 4.90. The van der Waals surface area contributed by atoms with Gasteiger partial charge in [0.25, 0.3) is 5.91 Å². The van der Waals surface area contributed by atoms with Gasteiger partial charge in [0, 0.05) is 35.0 Å². The van der Waals surface area contributed by atoms with Crippen molar-refractivity contribution in [1.82, 2.24) is 4.98 Å². The van der Waals surface area contributed by atoms with E-state index in [1.54, 1.807) is 39.8 Å². The Kier molecular flexibility index (Phi) is 4.76. The second kappa shape index (κ2) is 7.19. The molecule has 1 N–H and O–H groups in total. The molecule has 1 fully saturated rings. The molecular weight excluding hydrogens is 390 g/mol. The molecule has 0 radical (unpaired) electrons. The van der Waals surface area contributed by atoms with Gasteiger partial charge in [-0.1, -0.05) is 11.6 Å². The van der Waals surface area contributed by atoms with E-state index in [4.69, 9.17) is 11.6 Å². The van der Waals surface area contributed by atoms with Gasteiger partial charge in [-0.05, 0) is 36.1 Å². The van der Waals surface area contributed by atoms with Crippen LogP contribution in [0.3, 0.4) is 0 Å². The maximum Gasteiger partial charge on any atom is 0.275 e. The zero-order valence-corrected chi connectivity index (χ0v) is 16.0. The minimum Gasteiger partial charge on any atom is -0.321 e. The van der Waals surface area contributed by atoms with Crippen LogP contribution < -0.4 is 10.2 Å². The number of hydrogen-bond donors (Lipinski definition) is 1. The lowest BCUT2D eigenvalue weighted by Crippen LogP contribution is -2.24. The van der Waals surface area contributed by atoms with Crippen LogP contribution in [-0.4, -0.2) is 23.3 Å². The number of rotatable bonds is 4. The normalized spacial score (nSPS) is 14.0. The van der Waals surface area contributed by atoms with E-state index in [0.717, 1.165) is 17.0 Å². The van der Waals surface area contributed by atoms with Gasteiger partial charge in [-0.15, -0.1) is 11.3 Å². The van der Waals surface area contributed by atoms with Crippen LogP contribution in [0.1, 0.15) is 23.3 Å². The first-order chi connectivity index (χ1) is 12.6. The number of thiophene rings is 1. The minimum atomic E-state index is -0.288. The first-order valence-electron chi connectivity index (χ1n) is 8.01. The molecule has 8 heteroatoms. The van der Waals surface area contributed by atoms with Crippen LogP contribution in [0.5, 0.6) is 0 Å². The Labute approximate surface area is 163 Å². The molecule has 1 aliphatic rings. The topological polar surface area (TPSA) is 62.3 Å². The second-order valence-corrected chi connectivity index (χ2v) is 7.86.